The molecule has 0 radical (unpaired) electrons. The number of aromatic nitrogens is 4. The van der Waals surface area contributed by atoms with Gasteiger partial charge in [-0.25, -0.2) is 9.97 Å². The smallest absolute Gasteiger partial charge is 0.290 e. The Hall–Kier alpha value is -3.40. The van der Waals surface area contributed by atoms with E-state index in [0.717, 1.165) is 35.4 Å². The minimum atomic E-state index is -1.02. The van der Waals surface area contributed by atoms with Gasteiger partial charge in [0.1, 0.15) is 17.7 Å². The summed E-state index contributed by atoms with van der Waals surface area (Å²) in [5.74, 6) is 1.19. The van der Waals surface area contributed by atoms with E-state index in [4.69, 9.17) is 14.6 Å². The molecule has 0 amide bonds. The number of aromatic hydroxyl groups is 1. The number of nitrogens with zero attached hydrogens (tertiary/aromatic N) is 4. The first-order chi connectivity index (χ1) is 13.8. The number of phenols is 1. The van der Waals surface area contributed by atoms with Gasteiger partial charge in [0.25, 0.3) is 6.47 Å². The molecular formula is C20H27N5O5. The summed E-state index contributed by atoms with van der Waals surface area (Å²) in [5, 5.41) is 35.4. The lowest BCUT2D eigenvalue weighted by atomic mass is 9.96. The van der Waals surface area contributed by atoms with Gasteiger partial charge in [0.15, 0.2) is 11.5 Å². The predicted octanol–water partition coefficient (Wildman–Crippen LogP) is 2.19. The highest BCUT2D eigenvalue weighted by Gasteiger charge is 2.30. The van der Waals surface area contributed by atoms with E-state index in [1.165, 1.54) is 13.4 Å². The van der Waals surface area contributed by atoms with Gasteiger partial charge in [-0.15, -0.1) is 0 Å². The summed E-state index contributed by atoms with van der Waals surface area (Å²) in [6.07, 6.45) is 2.27. The van der Waals surface area contributed by atoms with Crippen LogP contribution in [0.5, 0.6) is 11.5 Å². The van der Waals surface area contributed by atoms with Crippen molar-refractivity contribution in [3.05, 3.63) is 35.4 Å². The van der Waals surface area contributed by atoms with Crippen LogP contribution >= 0.6 is 0 Å². The first kappa shape index (κ1) is 22.9. The van der Waals surface area contributed by atoms with E-state index in [0.29, 0.717) is 23.5 Å². The van der Waals surface area contributed by atoms with Crippen LogP contribution in [-0.2, 0) is 23.4 Å². The molecule has 0 spiro atoms. The number of ether oxygens (including phenoxy) is 1. The minimum absolute atomic E-state index is 0. The first-order valence-corrected chi connectivity index (χ1v) is 8.93. The lowest BCUT2D eigenvalue weighted by Crippen LogP contribution is -2.32. The van der Waals surface area contributed by atoms with Gasteiger partial charge in [-0.05, 0) is 19.9 Å². The van der Waals surface area contributed by atoms with E-state index < -0.39 is 5.60 Å². The molecule has 2 aromatic heterocycles. The molecule has 10 heteroatoms. The molecule has 3 aromatic rings. The highest BCUT2D eigenvalue weighted by atomic mass is 16.5. The van der Waals surface area contributed by atoms with Gasteiger partial charge in [0, 0.05) is 42.2 Å². The van der Waals surface area contributed by atoms with Crippen molar-refractivity contribution in [3.8, 4) is 11.5 Å². The van der Waals surface area contributed by atoms with Crippen LogP contribution in [0.4, 0.5) is 5.82 Å². The molecule has 4 N–H and O–H groups in total. The maximum atomic E-state index is 10.4. The quantitative estimate of drug-likeness (QED) is 0.471. The van der Waals surface area contributed by atoms with E-state index in [-0.39, 0.29) is 19.6 Å². The standard InChI is InChI=1S/C18H21N5O3.CH2O2.CH4/c1-18(2,25)16-11-8-23(5-4-12(11)21-22-16)17-10-6-15(26-3)14(24)7-13(10)19-9-20-17;2-1-3;/h6-7,9,24-25H,4-5,8H2,1-3H3,(H,21,22);1H,(H,2,3);1H4. The number of methoxy groups -OCH3 is 1. The fourth-order valence-corrected chi connectivity index (χ4v) is 3.46. The highest BCUT2D eigenvalue weighted by molar-refractivity contribution is 5.92. The van der Waals surface area contributed by atoms with E-state index in [2.05, 4.69) is 25.1 Å². The zero-order valence-corrected chi connectivity index (χ0v) is 16.4. The highest BCUT2D eigenvalue weighted by Crippen LogP contribution is 2.36. The molecule has 1 aliphatic heterocycles. The number of phenolic OH excluding ortho intramolecular Hbond substituents is 1. The lowest BCUT2D eigenvalue weighted by Gasteiger charge is -2.30. The number of carbonyl (C=O) groups is 1. The molecule has 4 rings (SSSR count). The normalized spacial score (nSPS) is 13.0. The van der Waals surface area contributed by atoms with Crippen molar-refractivity contribution in [2.24, 2.45) is 0 Å². The van der Waals surface area contributed by atoms with E-state index in [1.807, 2.05) is 0 Å². The van der Waals surface area contributed by atoms with E-state index in [1.54, 1.807) is 26.0 Å². The van der Waals surface area contributed by atoms with Crippen LogP contribution in [0.25, 0.3) is 10.9 Å². The summed E-state index contributed by atoms with van der Waals surface area (Å²) in [4.78, 5) is 19.2. The summed E-state index contributed by atoms with van der Waals surface area (Å²) in [6, 6.07) is 3.33. The van der Waals surface area contributed by atoms with Crippen LogP contribution in [0.1, 0.15) is 38.2 Å². The van der Waals surface area contributed by atoms with Crippen LogP contribution < -0.4 is 9.64 Å². The number of fused-ring (bicyclic) bond motifs is 2. The molecular weight excluding hydrogens is 390 g/mol. The van der Waals surface area contributed by atoms with Gasteiger partial charge in [-0.2, -0.15) is 5.10 Å². The number of carboxylic acid groups (broad SMARTS) is 1. The van der Waals surface area contributed by atoms with Crippen LogP contribution in [0, 0.1) is 0 Å². The van der Waals surface area contributed by atoms with Crippen LogP contribution in [0.3, 0.4) is 0 Å². The number of rotatable bonds is 3. The van der Waals surface area contributed by atoms with Crippen molar-refractivity contribution >= 4 is 23.2 Å². The molecule has 0 saturated carbocycles. The average Bonchev–Trinajstić information content (AvgIpc) is 3.11. The number of aliphatic hydroxyl groups is 1. The molecule has 3 heterocycles. The second-order valence-corrected chi connectivity index (χ2v) is 7.10. The third kappa shape index (κ3) is 4.28. The Bertz CT molecular complexity index is 1030. The van der Waals surface area contributed by atoms with Crippen molar-refractivity contribution in [1.82, 2.24) is 20.2 Å². The van der Waals surface area contributed by atoms with E-state index >= 15 is 0 Å². The number of benzene rings is 1. The number of hydrogen-bond acceptors (Lipinski definition) is 8. The molecule has 0 aliphatic carbocycles. The first-order valence-electron chi connectivity index (χ1n) is 8.93. The van der Waals surface area contributed by atoms with Gasteiger partial charge >= 0.3 is 0 Å². The van der Waals surface area contributed by atoms with Gasteiger partial charge in [-0.3, -0.25) is 9.89 Å². The molecule has 1 aromatic carbocycles. The van der Waals surface area contributed by atoms with Crippen LogP contribution in [0.2, 0.25) is 0 Å². The number of hydrogen-bond donors (Lipinski definition) is 4. The summed E-state index contributed by atoms with van der Waals surface area (Å²) >= 11 is 0. The Morgan fingerprint density at radius 3 is 2.63 bits per heavy atom. The Balaban J connectivity index is 0.000000757. The second-order valence-electron chi connectivity index (χ2n) is 7.10. The number of nitrogens with one attached hydrogen (secondary N) is 1. The predicted molar refractivity (Wildman–Crippen MR) is 112 cm³/mol. The average molecular weight is 417 g/mol. The molecule has 30 heavy (non-hydrogen) atoms. The number of aromatic amines is 1. The minimum Gasteiger partial charge on any atom is -0.504 e. The largest absolute Gasteiger partial charge is 0.504 e. The van der Waals surface area contributed by atoms with Crippen molar-refractivity contribution in [2.45, 2.75) is 39.8 Å². The Morgan fingerprint density at radius 2 is 2.00 bits per heavy atom. The molecule has 0 atom stereocenters. The summed E-state index contributed by atoms with van der Waals surface area (Å²) in [5.41, 5.74) is 2.34. The fourth-order valence-electron chi connectivity index (χ4n) is 3.46. The molecule has 0 unspecified atom stereocenters. The van der Waals surface area contributed by atoms with Gasteiger partial charge < -0.3 is 25.0 Å². The molecule has 0 saturated heterocycles. The number of anilines is 1. The summed E-state index contributed by atoms with van der Waals surface area (Å²) < 4.78 is 5.23. The zero-order chi connectivity index (χ0) is 21.2. The molecule has 0 fully saturated rings. The topological polar surface area (TPSA) is 145 Å². The van der Waals surface area contributed by atoms with Gasteiger partial charge in [0.05, 0.1) is 18.3 Å². The third-order valence-electron chi connectivity index (χ3n) is 4.73. The third-order valence-corrected chi connectivity index (χ3v) is 4.73. The molecule has 10 nitrogen and oxygen atoms in total. The second kappa shape index (κ2) is 8.95. The van der Waals surface area contributed by atoms with E-state index in [9.17, 15) is 10.2 Å². The monoisotopic (exact) mass is 417 g/mol. The SMILES string of the molecule is C.COc1cc2c(N3CCc4[nH]nc(C(C)(C)O)c4C3)ncnc2cc1O.O=CO. The van der Waals surface area contributed by atoms with Crippen molar-refractivity contribution in [2.75, 3.05) is 18.6 Å². The summed E-state index contributed by atoms with van der Waals surface area (Å²) in [6.45, 7) is 4.56. The van der Waals surface area contributed by atoms with Gasteiger partial charge in [0.2, 0.25) is 0 Å². The Kier molecular flexibility index (Phi) is 6.83. The summed E-state index contributed by atoms with van der Waals surface area (Å²) in [7, 11) is 1.51. The Morgan fingerprint density at radius 1 is 1.30 bits per heavy atom. The zero-order valence-electron chi connectivity index (χ0n) is 16.4. The van der Waals surface area contributed by atoms with Gasteiger partial charge in [-0.1, -0.05) is 7.43 Å². The van der Waals surface area contributed by atoms with Crippen molar-refractivity contribution in [1.29, 1.82) is 0 Å². The number of H-pyrrole nitrogens is 1. The van der Waals surface area contributed by atoms with Crippen LogP contribution in [-0.4, -0.2) is 55.6 Å². The maximum absolute atomic E-state index is 10.4. The molecule has 0 bridgehead atoms. The Labute approximate surface area is 174 Å². The lowest BCUT2D eigenvalue weighted by molar-refractivity contribution is -0.122. The fraction of sp³-hybridized carbons (Fsp3) is 0.400. The molecule has 162 valence electrons. The molecule has 1 aliphatic rings. The maximum Gasteiger partial charge on any atom is 0.290 e. The van der Waals surface area contributed by atoms with Crippen LogP contribution in [0.15, 0.2) is 18.5 Å². The van der Waals surface area contributed by atoms with Crippen molar-refractivity contribution in [3.63, 3.8) is 0 Å². The van der Waals surface area contributed by atoms with Crippen molar-refractivity contribution < 1.29 is 24.9 Å².